The highest BCUT2D eigenvalue weighted by atomic mass is 16.4. The lowest BCUT2D eigenvalue weighted by Gasteiger charge is -2.71. The Bertz CT molecular complexity index is 919. The molecular weight excluding hydrogens is 424 g/mol. The van der Waals surface area contributed by atoms with Crippen LogP contribution in [0.4, 0.5) is 0 Å². The summed E-state index contributed by atoms with van der Waals surface area (Å²) < 4.78 is 0. The van der Waals surface area contributed by atoms with Crippen LogP contribution in [-0.4, -0.2) is 33.5 Å². The van der Waals surface area contributed by atoms with Gasteiger partial charge in [-0.1, -0.05) is 60.1 Å². The van der Waals surface area contributed by atoms with Crippen LogP contribution in [0.5, 0.6) is 0 Å². The van der Waals surface area contributed by atoms with Crippen LogP contribution in [0, 0.1) is 50.2 Å². The Hall–Kier alpha value is -0.870. The zero-order chi connectivity index (χ0) is 25.1. The fourth-order valence-electron chi connectivity index (χ4n) is 10.8. The van der Waals surface area contributed by atoms with Crippen molar-refractivity contribution in [3.05, 3.63) is 11.6 Å². The van der Waals surface area contributed by atoms with Gasteiger partial charge in [0.25, 0.3) is 0 Å². The minimum atomic E-state index is -0.679. The second-order valence-electron chi connectivity index (χ2n) is 15.2. The molecule has 0 amide bonds. The summed E-state index contributed by atoms with van der Waals surface area (Å²) in [5.41, 5.74) is 0.754. The Morgan fingerprint density at radius 3 is 2.18 bits per heavy atom. The summed E-state index contributed by atoms with van der Waals surface area (Å²) in [4.78, 5) is 12.8. The van der Waals surface area contributed by atoms with E-state index >= 15 is 0 Å². The summed E-state index contributed by atoms with van der Waals surface area (Å²) in [5.74, 6) is 0.365. The molecule has 0 aliphatic heterocycles. The highest BCUT2D eigenvalue weighted by Crippen LogP contribution is 2.75. The van der Waals surface area contributed by atoms with Gasteiger partial charge in [0.05, 0.1) is 17.6 Å². The van der Waals surface area contributed by atoms with Crippen LogP contribution in [0.1, 0.15) is 106 Å². The van der Waals surface area contributed by atoms with Crippen LogP contribution in [-0.2, 0) is 4.79 Å². The number of rotatable bonds is 1. The smallest absolute Gasteiger partial charge is 0.310 e. The number of carboxylic acids is 1. The van der Waals surface area contributed by atoms with E-state index in [0.29, 0.717) is 18.3 Å². The van der Waals surface area contributed by atoms with Gasteiger partial charge in [-0.15, -0.1) is 0 Å². The maximum absolute atomic E-state index is 12.8. The summed E-state index contributed by atoms with van der Waals surface area (Å²) in [5, 5.41) is 32.4. The summed E-state index contributed by atoms with van der Waals surface area (Å²) in [6, 6.07) is 0. The Kier molecular flexibility index (Phi) is 5.20. The van der Waals surface area contributed by atoms with E-state index in [1.54, 1.807) is 0 Å². The highest BCUT2D eigenvalue weighted by Gasteiger charge is 2.70. The summed E-state index contributed by atoms with van der Waals surface area (Å²) in [6.07, 6.45) is 9.45. The quantitative estimate of drug-likeness (QED) is 0.397. The molecule has 0 aromatic heterocycles. The van der Waals surface area contributed by atoms with Gasteiger partial charge < -0.3 is 15.3 Å². The SMILES string of the molecule is CC1(C)CC[C@]2(C(=O)O)CC[C@]3(C)C(=CCC4[C@@]5(C)C[C@H](O)[C@@H](O)C(C)(C)C5CC[C@]43C)[C@@H]2C1. The van der Waals surface area contributed by atoms with E-state index in [-0.39, 0.29) is 33.0 Å². The van der Waals surface area contributed by atoms with E-state index in [2.05, 4.69) is 54.5 Å². The molecule has 9 atom stereocenters. The fraction of sp³-hybridized carbons (Fsp3) is 0.900. The lowest BCUT2D eigenvalue weighted by atomic mass is 9.33. The fourth-order valence-corrected chi connectivity index (χ4v) is 10.8. The average Bonchev–Trinajstić information content (AvgIpc) is 2.72. The Morgan fingerprint density at radius 1 is 0.882 bits per heavy atom. The number of hydrogen-bond donors (Lipinski definition) is 3. The average molecular weight is 473 g/mol. The van der Waals surface area contributed by atoms with Crippen molar-refractivity contribution in [2.75, 3.05) is 0 Å². The van der Waals surface area contributed by atoms with Crippen LogP contribution in [0.25, 0.3) is 0 Å². The third-order valence-corrected chi connectivity index (χ3v) is 13.0. The number of aliphatic hydroxyl groups is 2. The second kappa shape index (κ2) is 7.12. The number of aliphatic hydroxyl groups excluding tert-OH is 2. The number of carboxylic acid groups (broad SMARTS) is 1. The van der Waals surface area contributed by atoms with Crippen LogP contribution < -0.4 is 0 Å². The molecule has 4 saturated carbocycles. The van der Waals surface area contributed by atoms with Gasteiger partial charge in [0.15, 0.2) is 0 Å². The zero-order valence-corrected chi connectivity index (χ0v) is 22.6. The molecule has 4 fully saturated rings. The van der Waals surface area contributed by atoms with Gasteiger partial charge in [0.2, 0.25) is 0 Å². The summed E-state index contributed by atoms with van der Waals surface area (Å²) in [7, 11) is 0. The van der Waals surface area contributed by atoms with Crippen LogP contribution in [0.3, 0.4) is 0 Å². The Morgan fingerprint density at radius 2 is 1.53 bits per heavy atom. The monoisotopic (exact) mass is 472 g/mol. The molecule has 3 N–H and O–H groups in total. The van der Waals surface area contributed by atoms with E-state index in [9.17, 15) is 20.1 Å². The number of carbonyl (C=O) groups is 1. The second-order valence-corrected chi connectivity index (χ2v) is 15.2. The maximum Gasteiger partial charge on any atom is 0.310 e. The van der Waals surface area contributed by atoms with E-state index in [4.69, 9.17) is 0 Å². The van der Waals surface area contributed by atoms with Gasteiger partial charge in [0, 0.05) is 0 Å². The molecular formula is C30H48O4. The number of allylic oxidation sites excluding steroid dienone is 2. The molecule has 4 heteroatoms. The van der Waals surface area contributed by atoms with Crippen molar-refractivity contribution in [1.29, 1.82) is 0 Å². The largest absolute Gasteiger partial charge is 0.481 e. The number of fused-ring (bicyclic) bond motifs is 7. The van der Waals surface area contributed by atoms with E-state index in [0.717, 1.165) is 51.4 Å². The first kappa shape index (κ1) is 24.8. The van der Waals surface area contributed by atoms with E-state index < -0.39 is 23.6 Å². The van der Waals surface area contributed by atoms with E-state index in [1.807, 2.05) is 0 Å². The lowest BCUT2D eigenvalue weighted by Crippen LogP contribution is -2.67. The van der Waals surface area contributed by atoms with Crippen molar-refractivity contribution < 1.29 is 20.1 Å². The molecule has 5 aliphatic carbocycles. The number of hydrogen-bond acceptors (Lipinski definition) is 3. The highest BCUT2D eigenvalue weighted by molar-refractivity contribution is 5.76. The van der Waals surface area contributed by atoms with E-state index in [1.165, 1.54) is 5.57 Å². The van der Waals surface area contributed by atoms with Crippen molar-refractivity contribution in [3.63, 3.8) is 0 Å². The van der Waals surface area contributed by atoms with Crippen LogP contribution in [0.15, 0.2) is 11.6 Å². The van der Waals surface area contributed by atoms with Crippen molar-refractivity contribution in [2.24, 2.45) is 50.2 Å². The molecule has 4 nitrogen and oxygen atoms in total. The van der Waals surface area contributed by atoms with Gasteiger partial charge in [-0.25, -0.2) is 0 Å². The normalized spacial score (nSPS) is 53.4. The first-order valence-electron chi connectivity index (χ1n) is 13.9. The van der Waals surface area contributed by atoms with Gasteiger partial charge in [0.1, 0.15) is 0 Å². The molecule has 2 unspecified atom stereocenters. The molecule has 5 rings (SSSR count). The van der Waals surface area contributed by atoms with Gasteiger partial charge >= 0.3 is 5.97 Å². The molecule has 0 aromatic rings. The minimum Gasteiger partial charge on any atom is -0.481 e. The van der Waals surface area contributed by atoms with Gasteiger partial charge in [-0.05, 0) is 103 Å². The van der Waals surface area contributed by atoms with Crippen molar-refractivity contribution in [3.8, 4) is 0 Å². The molecule has 0 heterocycles. The minimum absolute atomic E-state index is 0.00785. The first-order valence-corrected chi connectivity index (χ1v) is 13.9. The van der Waals surface area contributed by atoms with Gasteiger partial charge in [-0.2, -0.15) is 0 Å². The zero-order valence-electron chi connectivity index (χ0n) is 22.6. The first-order chi connectivity index (χ1) is 15.6. The molecule has 0 bridgehead atoms. The molecule has 34 heavy (non-hydrogen) atoms. The number of aliphatic carboxylic acids is 1. The summed E-state index contributed by atoms with van der Waals surface area (Å²) >= 11 is 0. The van der Waals surface area contributed by atoms with Crippen molar-refractivity contribution >= 4 is 5.97 Å². The third-order valence-electron chi connectivity index (χ3n) is 13.0. The molecule has 0 spiro atoms. The van der Waals surface area contributed by atoms with Crippen LogP contribution in [0.2, 0.25) is 0 Å². The maximum atomic E-state index is 12.8. The third kappa shape index (κ3) is 2.88. The lowest BCUT2D eigenvalue weighted by molar-refractivity contribution is -0.231. The summed E-state index contributed by atoms with van der Waals surface area (Å²) in [6.45, 7) is 16.3. The molecule has 0 aromatic carbocycles. The predicted molar refractivity (Wildman–Crippen MR) is 134 cm³/mol. The molecule has 5 aliphatic rings. The molecule has 192 valence electrons. The Balaban J connectivity index is 1.61. The molecule has 0 saturated heterocycles. The predicted octanol–water partition coefficient (Wildman–Crippen LogP) is 6.20. The topological polar surface area (TPSA) is 77.8 Å². The van der Waals surface area contributed by atoms with Gasteiger partial charge in [-0.3, -0.25) is 4.79 Å². The van der Waals surface area contributed by atoms with Crippen molar-refractivity contribution in [1.82, 2.24) is 0 Å². The standard InChI is InChI=1S/C30H48O4/c1-25(2)12-14-30(24(33)34)15-13-28(6)18(19(30)16-25)8-9-22-27(5)17-20(31)23(32)26(3,4)21(27)10-11-29(22,28)7/h8,19-23,31-32H,9-17H2,1-7H3,(H,33,34)/t19-,20-,21?,22?,23+,27-,28+,29+,30-/m0/s1. The Labute approximate surface area is 206 Å². The molecule has 0 radical (unpaired) electrons. The van der Waals surface area contributed by atoms with Crippen LogP contribution >= 0.6 is 0 Å². The van der Waals surface area contributed by atoms with Crippen molar-refractivity contribution in [2.45, 2.75) is 118 Å².